The summed E-state index contributed by atoms with van der Waals surface area (Å²) in [6.45, 7) is 0.588. The van der Waals surface area contributed by atoms with Crippen LogP contribution in [0, 0.1) is 0 Å². The summed E-state index contributed by atoms with van der Waals surface area (Å²) in [6, 6.07) is 5.44. The molecule has 0 unspecified atom stereocenters. The minimum Gasteiger partial charge on any atom is -0.395 e. The lowest BCUT2D eigenvalue weighted by Gasteiger charge is -2.16. The zero-order chi connectivity index (χ0) is 9.68. The van der Waals surface area contributed by atoms with E-state index >= 15 is 0 Å². The predicted octanol–water partition coefficient (Wildman–Crippen LogP) is 0.00240. The molecule has 0 saturated carbocycles. The number of likely N-dealkylation sites (N-methyl/N-ethyl adjacent to an activating group) is 1. The number of aromatic nitrogens is 1. The van der Waals surface area contributed by atoms with Crippen LogP contribution in [0.1, 0.15) is 5.69 Å². The Labute approximate surface area is 77.5 Å². The summed E-state index contributed by atoms with van der Waals surface area (Å²) in [7, 11) is 1.85. The second-order valence-corrected chi connectivity index (χ2v) is 2.79. The molecule has 0 bridgehead atoms. The van der Waals surface area contributed by atoms with Crippen molar-refractivity contribution in [3.05, 3.63) is 23.9 Å². The van der Waals surface area contributed by atoms with Gasteiger partial charge < -0.3 is 15.1 Å². The first kappa shape index (κ1) is 9.95. The first-order chi connectivity index (χ1) is 6.27. The molecule has 0 fully saturated rings. The van der Waals surface area contributed by atoms with Gasteiger partial charge in [0.2, 0.25) is 0 Å². The standard InChI is InChI=1S/C9H14N2O2/c1-11(5-6-12)9-4-2-3-8(7-13)10-9/h2-4,12-13H,5-7H2,1H3. The molecule has 0 radical (unpaired) electrons. The van der Waals surface area contributed by atoms with Gasteiger partial charge >= 0.3 is 0 Å². The molecule has 1 rings (SSSR count). The van der Waals surface area contributed by atoms with Gasteiger partial charge in [-0.15, -0.1) is 0 Å². The Bertz CT molecular complexity index is 266. The van der Waals surface area contributed by atoms with Gasteiger partial charge in [-0.3, -0.25) is 0 Å². The van der Waals surface area contributed by atoms with E-state index in [2.05, 4.69) is 4.98 Å². The van der Waals surface area contributed by atoms with Crippen molar-refractivity contribution >= 4 is 5.82 Å². The van der Waals surface area contributed by atoms with Crippen LogP contribution >= 0.6 is 0 Å². The van der Waals surface area contributed by atoms with Gasteiger partial charge in [-0.25, -0.2) is 4.98 Å². The van der Waals surface area contributed by atoms with E-state index < -0.39 is 0 Å². The second kappa shape index (κ2) is 4.79. The van der Waals surface area contributed by atoms with Gasteiger partial charge in [0.05, 0.1) is 18.9 Å². The maximum atomic E-state index is 8.84. The number of nitrogens with zero attached hydrogens (tertiary/aromatic N) is 2. The van der Waals surface area contributed by atoms with Gasteiger partial charge in [0, 0.05) is 13.6 Å². The molecular formula is C9H14N2O2. The minimum absolute atomic E-state index is 0.0548. The van der Waals surface area contributed by atoms with Crippen LogP contribution in [0.3, 0.4) is 0 Å². The fourth-order valence-electron chi connectivity index (χ4n) is 1.03. The van der Waals surface area contributed by atoms with Crippen molar-refractivity contribution in [2.24, 2.45) is 0 Å². The molecule has 72 valence electrons. The van der Waals surface area contributed by atoms with Crippen molar-refractivity contribution in [3.63, 3.8) is 0 Å². The van der Waals surface area contributed by atoms with E-state index in [-0.39, 0.29) is 13.2 Å². The van der Waals surface area contributed by atoms with E-state index in [0.717, 1.165) is 5.82 Å². The highest BCUT2D eigenvalue weighted by molar-refractivity contribution is 5.37. The molecule has 0 aromatic carbocycles. The molecule has 1 aromatic rings. The Hall–Kier alpha value is -1.13. The zero-order valence-corrected chi connectivity index (χ0v) is 7.64. The van der Waals surface area contributed by atoms with Crippen LogP contribution in [0.15, 0.2) is 18.2 Å². The monoisotopic (exact) mass is 182 g/mol. The summed E-state index contributed by atoms with van der Waals surface area (Å²) < 4.78 is 0. The predicted molar refractivity (Wildman–Crippen MR) is 50.5 cm³/mol. The van der Waals surface area contributed by atoms with Crippen LogP contribution in [0.4, 0.5) is 5.82 Å². The third-order valence-electron chi connectivity index (χ3n) is 1.78. The van der Waals surface area contributed by atoms with Gasteiger partial charge in [-0.1, -0.05) is 6.07 Å². The number of aliphatic hydroxyl groups is 2. The number of anilines is 1. The molecule has 2 N–H and O–H groups in total. The molecule has 0 saturated heterocycles. The molecule has 1 aromatic heterocycles. The van der Waals surface area contributed by atoms with Crippen LogP contribution in [0.25, 0.3) is 0 Å². The summed E-state index contributed by atoms with van der Waals surface area (Å²) in [5.74, 6) is 0.764. The van der Waals surface area contributed by atoms with Crippen molar-refractivity contribution in [2.45, 2.75) is 6.61 Å². The topological polar surface area (TPSA) is 56.6 Å². The average Bonchev–Trinajstić information content (AvgIpc) is 2.18. The highest BCUT2D eigenvalue weighted by Gasteiger charge is 2.01. The van der Waals surface area contributed by atoms with E-state index in [4.69, 9.17) is 10.2 Å². The van der Waals surface area contributed by atoms with E-state index in [1.807, 2.05) is 24.1 Å². The number of pyridine rings is 1. The molecule has 0 aliphatic rings. The minimum atomic E-state index is -0.0548. The van der Waals surface area contributed by atoms with Crippen molar-refractivity contribution in [1.29, 1.82) is 0 Å². The molecule has 13 heavy (non-hydrogen) atoms. The molecule has 4 heteroatoms. The second-order valence-electron chi connectivity index (χ2n) is 2.79. The van der Waals surface area contributed by atoms with Gasteiger partial charge in [-0.05, 0) is 12.1 Å². The first-order valence-corrected chi connectivity index (χ1v) is 4.16. The zero-order valence-electron chi connectivity index (χ0n) is 7.64. The van der Waals surface area contributed by atoms with Gasteiger partial charge in [-0.2, -0.15) is 0 Å². The van der Waals surface area contributed by atoms with Gasteiger partial charge in [0.25, 0.3) is 0 Å². The Morgan fingerprint density at radius 1 is 1.38 bits per heavy atom. The van der Waals surface area contributed by atoms with Gasteiger partial charge in [0.15, 0.2) is 0 Å². The SMILES string of the molecule is CN(CCO)c1cccc(CO)n1. The quantitative estimate of drug-likeness (QED) is 0.688. The van der Waals surface area contributed by atoms with E-state index in [1.54, 1.807) is 6.07 Å². The largest absolute Gasteiger partial charge is 0.395 e. The number of hydrogen-bond acceptors (Lipinski definition) is 4. The maximum Gasteiger partial charge on any atom is 0.128 e. The van der Waals surface area contributed by atoms with Crippen LogP contribution in [0.2, 0.25) is 0 Å². The van der Waals surface area contributed by atoms with Crippen molar-refractivity contribution in [3.8, 4) is 0 Å². The highest BCUT2D eigenvalue weighted by Crippen LogP contribution is 2.08. The van der Waals surface area contributed by atoms with Crippen LogP contribution in [-0.4, -0.2) is 35.4 Å². The summed E-state index contributed by atoms with van der Waals surface area (Å²) in [4.78, 5) is 6.01. The average molecular weight is 182 g/mol. The lowest BCUT2D eigenvalue weighted by molar-refractivity contribution is 0.277. The van der Waals surface area contributed by atoms with E-state index in [1.165, 1.54) is 0 Å². The number of aliphatic hydroxyl groups excluding tert-OH is 2. The first-order valence-electron chi connectivity index (χ1n) is 4.16. The van der Waals surface area contributed by atoms with Crippen molar-refractivity contribution < 1.29 is 10.2 Å². The summed E-state index contributed by atoms with van der Waals surface area (Å²) in [5, 5.41) is 17.5. The Morgan fingerprint density at radius 3 is 2.77 bits per heavy atom. The molecule has 4 nitrogen and oxygen atoms in total. The number of hydrogen-bond donors (Lipinski definition) is 2. The van der Waals surface area contributed by atoms with Crippen LogP contribution in [-0.2, 0) is 6.61 Å². The smallest absolute Gasteiger partial charge is 0.128 e. The van der Waals surface area contributed by atoms with E-state index in [0.29, 0.717) is 12.2 Å². The van der Waals surface area contributed by atoms with Crippen molar-refractivity contribution in [1.82, 2.24) is 4.98 Å². The molecule has 0 aliphatic carbocycles. The molecule has 0 atom stereocenters. The third-order valence-corrected chi connectivity index (χ3v) is 1.78. The van der Waals surface area contributed by atoms with Crippen molar-refractivity contribution in [2.75, 3.05) is 25.1 Å². The molecule has 1 heterocycles. The third kappa shape index (κ3) is 2.68. The van der Waals surface area contributed by atoms with Crippen LogP contribution in [0.5, 0.6) is 0 Å². The highest BCUT2D eigenvalue weighted by atomic mass is 16.3. The molecule has 0 aliphatic heterocycles. The summed E-state index contributed by atoms with van der Waals surface area (Å²) in [5.41, 5.74) is 0.641. The van der Waals surface area contributed by atoms with Gasteiger partial charge in [0.1, 0.15) is 5.82 Å². The fourth-order valence-corrected chi connectivity index (χ4v) is 1.03. The Kier molecular flexibility index (Phi) is 3.67. The lowest BCUT2D eigenvalue weighted by Crippen LogP contribution is -2.22. The lowest BCUT2D eigenvalue weighted by atomic mass is 10.3. The number of rotatable bonds is 4. The maximum absolute atomic E-state index is 8.84. The molecule has 0 amide bonds. The summed E-state index contributed by atoms with van der Waals surface area (Å²) in [6.07, 6.45) is 0. The molecule has 0 spiro atoms. The normalized spacial score (nSPS) is 10.1. The summed E-state index contributed by atoms with van der Waals surface area (Å²) >= 11 is 0. The van der Waals surface area contributed by atoms with E-state index in [9.17, 15) is 0 Å². The Balaban J connectivity index is 2.75. The Morgan fingerprint density at radius 2 is 2.15 bits per heavy atom. The van der Waals surface area contributed by atoms with Crippen LogP contribution < -0.4 is 4.90 Å². The molecular weight excluding hydrogens is 168 g/mol. The fraction of sp³-hybridized carbons (Fsp3) is 0.444.